The molecule has 166 valence electrons. The maximum Gasteiger partial charge on any atom is 0.250 e. The largest absolute Gasteiger partial charge is 0.494 e. The number of nitrogens with one attached hydrogen (secondary N) is 2. The third-order valence-electron chi connectivity index (χ3n) is 4.43. The van der Waals surface area contributed by atoms with Crippen molar-refractivity contribution in [2.24, 2.45) is 0 Å². The number of hydrogen-bond acceptors (Lipinski definition) is 5. The molecule has 0 heterocycles. The van der Waals surface area contributed by atoms with Crippen LogP contribution in [0.5, 0.6) is 17.2 Å². The van der Waals surface area contributed by atoms with Gasteiger partial charge in [0, 0.05) is 17.8 Å². The molecule has 0 bridgehead atoms. The highest BCUT2D eigenvalue weighted by Crippen LogP contribution is 2.27. The molecule has 2 N–H and O–H groups in total. The Balaban J connectivity index is 1.84. The van der Waals surface area contributed by atoms with Gasteiger partial charge in [0.25, 0.3) is 0 Å². The van der Waals surface area contributed by atoms with Gasteiger partial charge >= 0.3 is 0 Å². The van der Waals surface area contributed by atoms with Gasteiger partial charge in [0.15, 0.2) is 16.6 Å². The van der Waals surface area contributed by atoms with Crippen molar-refractivity contribution in [1.29, 1.82) is 0 Å². The van der Waals surface area contributed by atoms with Crippen LogP contribution in [-0.2, 0) is 4.79 Å². The van der Waals surface area contributed by atoms with Gasteiger partial charge in [-0.05, 0) is 54.5 Å². The van der Waals surface area contributed by atoms with Gasteiger partial charge in [-0.1, -0.05) is 38.3 Å². The zero-order chi connectivity index (χ0) is 22.5. The van der Waals surface area contributed by atoms with Crippen LogP contribution in [0.3, 0.4) is 0 Å². The Morgan fingerprint density at radius 1 is 1.03 bits per heavy atom. The number of benzene rings is 2. The van der Waals surface area contributed by atoms with Crippen LogP contribution < -0.4 is 24.8 Å². The molecule has 31 heavy (non-hydrogen) atoms. The fourth-order valence-electron chi connectivity index (χ4n) is 2.83. The van der Waals surface area contributed by atoms with Crippen molar-refractivity contribution in [3.8, 4) is 17.2 Å². The Labute approximate surface area is 189 Å². The smallest absolute Gasteiger partial charge is 0.250 e. The number of hydrogen-bond donors (Lipinski definition) is 2. The van der Waals surface area contributed by atoms with Crippen molar-refractivity contribution in [3.63, 3.8) is 0 Å². The van der Waals surface area contributed by atoms with Crippen LogP contribution in [0.25, 0.3) is 6.08 Å². The van der Waals surface area contributed by atoms with Crippen molar-refractivity contribution in [3.05, 3.63) is 54.1 Å². The first-order chi connectivity index (χ1) is 15.0. The van der Waals surface area contributed by atoms with Crippen LogP contribution in [0.2, 0.25) is 0 Å². The summed E-state index contributed by atoms with van der Waals surface area (Å²) in [6, 6.07) is 12.9. The van der Waals surface area contributed by atoms with Gasteiger partial charge in [-0.25, -0.2) is 0 Å². The summed E-state index contributed by atoms with van der Waals surface area (Å²) in [4.78, 5) is 12.2. The molecule has 2 rings (SSSR count). The molecule has 0 saturated carbocycles. The maximum atomic E-state index is 12.2. The predicted molar refractivity (Wildman–Crippen MR) is 129 cm³/mol. The molecular formula is C24H30N2O4S. The van der Waals surface area contributed by atoms with Crippen LogP contribution in [0.15, 0.2) is 48.5 Å². The number of carbonyl (C=O) groups is 1. The van der Waals surface area contributed by atoms with E-state index < -0.39 is 0 Å². The zero-order valence-electron chi connectivity index (χ0n) is 18.3. The number of rotatable bonds is 11. The SMILES string of the molecule is CCCCCCOc1cccc(NC(=S)NC(=O)/C=C/c2ccc(OC)c(OC)c2)c1. The summed E-state index contributed by atoms with van der Waals surface area (Å²) < 4.78 is 16.3. The standard InChI is InChI=1S/C24H30N2O4S/c1-4-5-6-7-15-30-20-10-8-9-19(17-20)25-24(31)26-23(27)14-12-18-11-13-21(28-2)22(16-18)29-3/h8-14,16-17H,4-7,15H2,1-3H3,(H2,25,26,27,31)/b14-12+. The van der Waals surface area contributed by atoms with E-state index in [-0.39, 0.29) is 11.0 Å². The molecule has 0 unspecified atom stereocenters. The molecular weight excluding hydrogens is 412 g/mol. The topological polar surface area (TPSA) is 68.8 Å². The maximum absolute atomic E-state index is 12.2. The molecule has 7 heteroatoms. The third kappa shape index (κ3) is 8.68. The first-order valence-electron chi connectivity index (χ1n) is 10.3. The average Bonchev–Trinajstić information content (AvgIpc) is 2.77. The summed E-state index contributed by atoms with van der Waals surface area (Å²) in [5, 5.41) is 5.85. The molecule has 0 aliphatic heterocycles. The zero-order valence-corrected chi connectivity index (χ0v) is 19.1. The summed E-state index contributed by atoms with van der Waals surface area (Å²) in [5.74, 6) is 1.65. The second-order valence-electron chi connectivity index (χ2n) is 6.83. The van der Waals surface area contributed by atoms with Gasteiger partial charge in [-0.15, -0.1) is 0 Å². The minimum atomic E-state index is -0.337. The summed E-state index contributed by atoms with van der Waals surface area (Å²) in [7, 11) is 3.14. The summed E-state index contributed by atoms with van der Waals surface area (Å²) in [5.41, 5.74) is 1.55. The predicted octanol–water partition coefficient (Wildman–Crippen LogP) is 5.19. The Kier molecular flexibility index (Phi) is 10.4. The van der Waals surface area contributed by atoms with Crippen LogP contribution in [0.1, 0.15) is 38.2 Å². The van der Waals surface area contributed by atoms with Crippen molar-refractivity contribution in [1.82, 2.24) is 5.32 Å². The lowest BCUT2D eigenvalue weighted by molar-refractivity contribution is -0.115. The van der Waals surface area contributed by atoms with Gasteiger partial charge < -0.3 is 19.5 Å². The van der Waals surface area contributed by atoms with Crippen molar-refractivity contribution in [2.75, 3.05) is 26.1 Å². The summed E-state index contributed by atoms with van der Waals surface area (Å²) in [6.45, 7) is 2.87. The van der Waals surface area contributed by atoms with Crippen LogP contribution in [0.4, 0.5) is 5.69 Å². The van der Waals surface area contributed by atoms with Crippen molar-refractivity contribution < 1.29 is 19.0 Å². The van der Waals surface area contributed by atoms with Crippen molar-refractivity contribution in [2.45, 2.75) is 32.6 Å². The highest BCUT2D eigenvalue weighted by molar-refractivity contribution is 7.80. The quantitative estimate of drug-likeness (QED) is 0.284. The van der Waals surface area contributed by atoms with Crippen molar-refractivity contribution >= 4 is 35.0 Å². The van der Waals surface area contributed by atoms with Gasteiger partial charge in [0.05, 0.1) is 20.8 Å². The first kappa shape index (κ1) is 24.2. The van der Waals surface area contributed by atoms with E-state index in [9.17, 15) is 4.79 Å². The molecule has 0 atom stereocenters. The van der Waals surface area contributed by atoms with Gasteiger partial charge in [0.1, 0.15) is 5.75 Å². The fourth-order valence-corrected chi connectivity index (χ4v) is 3.05. The Hall–Kier alpha value is -3.06. The molecule has 0 saturated heterocycles. The summed E-state index contributed by atoms with van der Waals surface area (Å²) >= 11 is 5.24. The average molecular weight is 443 g/mol. The van der Waals surface area contributed by atoms with E-state index in [1.54, 1.807) is 32.4 Å². The van der Waals surface area contributed by atoms with E-state index in [4.69, 9.17) is 26.4 Å². The fraction of sp³-hybridized carbons (Fsp3) is 0.333. The molecule has 0 spiro atoms. The Morgan fingerprint density at radius 3 is 2.58 bits per heavy atom. The minimum absolute atomic E-state index is 0.210. The van der Waals surface area contributed by atoms with Gasteiger partial charge in [-0.2, -0.15) is 0 Å². The number of anilines is 1. The molecule has 0 aromatic heterocycles. The lowest BCUT2D eigenvalue weighted by Gasteiger charge is -2.11. The summed E-state index contributed by atoms with van der Waals surface area (Å²) in [6.07, 6.45) is 7.71. The second-order valence-corrected chi connectivity index (χ2v) is 7.24. The minimum Gasteiger partial charge on any atom is -0.494 e. The number of unbranched alkanes of at least 4 members (excludes halogenated alkanes) is 3. The molecule has 0 fully saturated rings. The number of thiocarbonyl (C=S) groups is 1. The molecule has 1 amide bonds. The van der Waals surface area contributed by atoms with E-state index in [1.807, 2.05) is 30.3 Å². The number of amides is 1. The number of ether oxygens (including phenoxy) is 3. The van der Waals surface area contributed by atoms with Crippen LogP contribution in [-0.4, -0.2) is 31.8 Å². The lowest BCUT2D eigenvalue weighted by atomic mass is 10.2. The van der Waals surface area contributed by atoms with E-state index in [0.29, 0.717) is 18.1 Å². The number of carbonyl (C=O) groups excluding carboxylic acids is 1. The van der Waals surface area contributed by atoms with Crippen LogP contribution in [0, 0.1) is 0 Å². The monoisotopic (exact) mass is 442 g/mol. The molecule has 6 nitrogen and oxygen atoms in total. The molecule has 2 aromatic rings. The highest BCUT2D eigenvalue weighted by Gasteiger charge is 2.05. The highest BCUT2D eigenvalue weighted by atomic mass is 32.1. The Morgan fingerprint density at radius 2 is 1.84 bits per heavy atom. The molecule has 0 aliphatic rings. The van der Waals surface area contributed by atoms with Gasteiger partial charge in [0.2, 0.25) is 5.91 Å². The van der Waals surface area contributed by atoms with E-state index in [2.05, 4.69) is 17.6 Å². The normalized spacial score (nSPS) is 10.5. The molecule has 0 radical (unpaired) electrons. The third-order valence-corrected chi connectivity index (χ3v) is 4.63. The first-order valence-corrected chi connectivity index (χ1v) is 10.7. The Bertz CT molecular complexity index is 899. The van der Waals surface area contributed by atoms with Crippen LogP contribution >= 0.6 is 12.2 Å². The lowest BCUT2D eigenvalue weighted by Crippen LogP contribution is -2.32. The second kappa shape index (κ2) is 13.3. The molecule has 2 aromatic carbocycles. The van der Waals surface area contributed by atoms with Gasteiger partial charge in [-0.3, -0.25) is 10.1 Å². The van der Waals surface area contributed by atoms with E-state index in [1.165, 1.54) is 25.3 Å². The number of methoxy groups -OCH3 is 2. The molecule has 0 aliphatic carbocycles. The van der Waals surface area contributed by atoms with E-state index in [0.717, 1.165) is 23.4 Å². The van der Waals surface area contributed by atoms with E-state index >= 15 is 0 Å².